The van der Waals surface area contributed by atoms with Gasteiger partial charge in [-0.2, -0.15) is 13.2 Å². The van der Waals surface area contributed by atoms with E-state index in [9.17, 15) is 18.0 Å². The molecule has 1 fully saturated rings. The Bertz CT molecular complexity index is 267. The van der Waals surface area contributed by atoms with Crippen molar-refractivity contribution in [2.45, 2.75) is 52.3 Å². The zero-order chi connectivity index (χ0) is 12.6. The van der Waals surface area contributed by atoms with Crippen molar-refractivity contribution in [2.75, 3.05) is 6.54 Å². The Morgan fingerprint density at radius 2 is 1.75 bits per heavy atom. The molecule has 0 aromatic rings. The standard InChI is InChI=1S/C11H18F3NO/c1-10(2,3)9(16)15-7-5-4-6-8(15)11(12,13)14/h8H,4-7H2,1-3H3. The minimum absolute atomic E-state index is 0.0331. The second-order valence-electron chi connectivity index (χ2n) is 5.30. The van der Waals surface area contributed by atoms with Crippen LogP contribution in [0.15, 0.2) is 0 Å². The van der Waals surface area contributed by atoms with E-state index in [2.05, 4.69) is 0 Å². The molecule has 1 aliphatic rings. The Balaban J connectivity index is 2.87. The lowest BCUT2D eigenvalue weighted by Crippen LogP contribution is -2.54. The molecule has 1 saturated heterocycles. The summed E-state index contributed by atoms with van der Waals surface area (Å²) in [6, 6.07) is -1.59. The molecule has 5 heteroatoms. The molecule has 1 rings (SSSR count). The van der Waals surface area contributed by atoms with Crippen LogP contribution in [0.3, 0.4) is 0 Å². The van der Waals surface area contributed by atoms with Gasteiger partial charge < -0.3 is 4.90 Å². The molecular weight excluding hydrogens is 219 g/mol. The number of hydrogen-bond acceptors (Lipinski definition) is 1. The van der Waals surface area contributed by atoms with E-state index in [1.54, 1.807) is 20.8 Å². The molecule has 0 aliphatic carbocycles. The van der Waals surface area contributed by atoms with E-state index in [-0.39, 0.29) is 13.0 Å². The molecule has 0 radical (unpaired) electrons. The number of carbonyl (C=O) groups excluding carboxylic acids is 1. The number of carbonyl (C=O) groups is 1. The van der Waals surface area contributed by atoms with Gasteiger partial charge in [0.15, 0.2) is 0 Å². The molecule has 0 N–H and O–H groups in total. The van der Waals surface area contributed by atoms with Crippen LogP contribution in [0.25, 0.3) is 0 Å². The van der Waals surface area contributed by atoms with Crippen molar-refractivity contribution in [1.82, 2.24) is 4.90 Å². The topological polar surface area (TPSA) is 20.3 Å². The molecule has 94 valence electrons. The van der Waals surface area contributed by atoms with E-state index < -0.39 is 23.5 Å². The van der Waals surface area contributed by atoms with Crippen molar-refractivity contribution in [3.8, 4) is 0 Å². The molecule has 1 unspecified atom stereocenters. The molecule has 0 aromatic carbocycles. The smallest absolute Gasteiger partial charge is 0.330 e. The first-order chi connectivity index (χ1) is 7.14. The van der Waals surface area contributed by atoms with Gasteiger partial charge in [0.2, 0.25) is 5.91 Å². The first-order valence-electron chi connectivity index (χ1n) is 5.52. The lowest BCUT2D eigenvalue weighted by molar-refractivity contribution is -0.199. The molecule has 0 spiro atoms. The van der Waals surface area contributed by atoms with Crippen molar-refractivity contribution >= 4 is 5.91 Å². The van der Waals surface area contributed by atoms with Crippen molar-refractivity contribution < 1.29 is 18.0 Å². The first kappa shape index (κ1) is 13.3. The third kappa shape index (κ3) is 2.89. The van der Waals surface area contributed by atoms with E-state index >= 15 is 0 Å². The molecule has 16 heavy (non-hydrogen) atoms. The SMILES string of the molecule is CC(C)(C)C(=O)N1CCCCC1C(F)(F)F. The second-order valence-corrected chi connectivity index (χ2v) is 5.30. The highest BCUT2D eigenvalue weighted by Gasteiger charge is 2.47. The summed E-state index contributed by atoms with van der Waals surface area (Å²) < 4.78 is 38.2. The number of nitrogens with zero attached hydrogens (tertiary/aromatic N) is 1. The molecule has 1 atom stereocenters. The summed E-state index contributed by atoms with van der Waals surface area (Å²) in [5.74, 6) is -0.408. The number of halogens is 3. The maximum atomic E-state index is 12.7. The van der Waals surface area contributed by atoms with Crippen LogP contribution in [-0.4, -0.2) is 29.6 Å². The van der Waals surface area contributed by atoms with Gasteiger partial charge in [0.1, 0.15) is 6.04 Å². The van der Waals surface area contributed by atoms with Crippen molar-refractivity contribution in [2.24, 2.45) is 5.41 Å². The summed E-state index contributed by atoms with van der Waals surface area (Å²) in [6.07, 6.45) is -3.07. The zero-order valence-corrected chi connectivity index (χ0v) is 9.90. The summed E-state index contributed by atoms with van der Waals surface area (Å²) in [6.45, 7) is 5.17. The minimum Gasteiger partial charge on any atom is -0.330 e. The summed E-state index contributed by atoms with van der Waals surface area (Å²) in [5, 5.41) is 0. The average Bonchev–Trinajstić information content (AvgIpc) is 2.14. The Hall–Kier alpha value is -0.740. The molecule has 0 bridgehead atoms. The maximum absolute atomic E-state index is 12.7. The first-order valence-corrected chi connectivity index (χ1v) is 5.52. The van der Waals surface area contributed by atoms with Gasteiger partial charge in [-0.3, -0.25) is 4.79 Å². The van der Waals surface area contributed by atoms with Crippen molar-refractivity contribution in [1.29, 1.82) is 0 Å². The Morgan fingerprint density at radius 3 is 2.19 bits per heavy atom. The number of amides is 1. The fraction of sp³-hybridized carbons (Fsp3) is 0.909. The normalized spacial score (nSPS) is 23.4. The van der Waals surface area contributed by atoms with Crippen LogP contribution < -0.4 is 0 Å². The molecule has 1 heterocycles. The average molecular weight is 237 g/mol. The molecule has 0 aromatic heterocycles. The van der Waals surface area contributed by atoms with E-state index in [1.165, 1.54) is 0 Å². The van der Waals surface area contributed by atoms with Crippen LogP contribution in [0, 0.1) is 5.41 Å². The van der Waals surface area contributed by atoms with Crippen molar-refractivity contribution in [3.63, 3.8) is 0 Å². The predicted octanol–water partition coefficient (Wildman–Crippen LogP) is 2.98. The third-order valence-electron chi connectivity index (χ3n) is 2.78. The lowest BCUT2D eigenvalue weighted by Gasteiger charge is -2.39. The number of piperidine rings is 1. The summed E-state index contributed by atoms with van der Waals surface area (Å²) in [7, 11) is 0. The Labute approximate surface area is 93.8 Å². The summed E-state index contributed by atoms with van der Waals surface area (Å²) in [5.41, 5.74) is -0.749. The van der Waals surface area contributed by atoms with Crippen LogP contribution in [-0.2, 0) is 4.79 Å². The van der Waals surface area contributed by atoms with E-state index in [0.29, 0.717) is 12.8 Å². The number of likely N-dealkylation sites (tertiary alicyclic amines) is 1. The lowest BCUT2D eigenvalue weighted by atomic mass is 9.91. The highest BCUT2D eigenvalue weighted by molar-refractivity contribution is 5.82. The minimum atomic E-state index is -4.30. The zero-order valence-electron chi connectivity index (χ0n) is 9.90. The Morgan fingerprint density at radius 1 is 1.19 bits per heavy atom. The van der Waals surface area contributed by atoms with Crippen LogP contribution in [0.1, 0.15) is 40.0 Å². The molecule has 1 aliphatic heterocycles. The van der Waals surface area contributed by atoms with Crippen LogP contribution in [0.4, 0.5) is 13.2 Å². The fourth-order valence-corrected chi connectivity index (χ4v) is 1.95. The highest BCUT2D eigenvalue weighted by atomic mass is 19.4. The van der Waals surface area contributed by atoms with E-state index in [4.69, 9.17) is 0 Å². The predicted molar refractivity (Wildman–Crippen MR) is 54.9 cm³/mol. The number of rotatable bonds is 0. The van der Waals surface area contributed by atoms with Gasteiger partial charge in [-0.25, -0.2) is 0 Å². The van der Waals surface area contributed by atoms with Gasteiger partial charge in [-0.15, -0.1) is 0 Å². The van der Waals surface area contributed by atoms with Gasteiger partial charge in [0.25, 0.3) is 0 Å². The summed E-state index contributed by atoms with van der Waals surface area (Å²) in [4.78, 5) is 12.9. The second kappa shape index (κ2) is 4.26. The van der Waals surface area contributed by atoms with E-state index in [0.717, 1.165) is 4.90 Å². The monoisotopic (exact) mass is 237 g/mol. The molecule has 1 amide bonds. The Kier molecular flexibility index (Phi) is 3.55. The molecular formula is C11H18F3NO. The van der Waals surface area contributed by atoms with Gasteiger partial charge >= 0.3 is 6.18 Å². The summed E-state index contributed by atoms with van der Waals surface area (Å²) >= 11 is 0. The van der Waals surface area contributed by atoms with Crippen LogP contribution >= 0.6 is 0 Å². The van der Waals surface area contributed by atoms with Gasteiger partial charge in [-0.1, -0.05) is 20.8 Å². The molecule has 0 saturated carbocycles. The van der Waals surface area contributed by atoms with Gasteiger partial charge in [0, 0.05) is 12.0 Å². The largest absolute Gasteiger partial charge is 0.408 e. The van der Waals surface area contributed by atoms with Crippen molar-refractivity contribution in [3.05, 3.63) is 0 Å². The fourth-order valence-electron chi connectivity index (χ4n) is 1.95. The van der Waals surface area contributed by atoms with Gasteiger partial charge in [-0.05, 0) is 19.3 Å². The number of alkyl halides is 3. The van der Waals surface area contributed by atoms with Gasteiger partial charge in [0.05, 0.1) is 0 Å². The number of hydrogen-bond donors (Lipinski definition) is 0. The molecule has 2 nitrogen and oxygen atoms in total. The quantitative estimate of drug-likeness (QED) is 0.634. The highest BCUT2D eigenvalue weighted by Crippen LogP contribution is 2.34. The van der Waals surface area contributed by atoms with Crippen LogP contribution in [0.5, 0.6) is 0 Å². The third-order valence-corrected chi connectivity index (χ3v) is 2.78. The van der Waals surface area contributed by atoms with E-state index in [1.807, 2.05) is 0 Å². The van der Waals surface area contributed by atoms with Crippen LogP contribution in [0.2, 0.25) is 0 Å². The maximum Gasteiger partial charge on any atom is 0.408 e.